The first-order valence-electron chi connectivity index (χ1n) is 10.4. The lowest BCUT2D eigenvalue weighted by Gasteiger charge is -2.07. The molecule has 4 aromatic rings. The van der Waals surface area contributed by atoms with Crippen LogP contribution in [-0.4, -0.2) is 28.0 Å². The highest BCUT2D eigenvalue weighted by molar-refractivity contribution is 9.10. The van der Waals surface area contributed by atoms with E-state index < -0.39 is 5.91 Å². The molecule has 3 aromatic carbocycles. The number of aryl methyl sites for hydroxylation is 2. The quantitative estimate of drug-likeness (QED) is 0.330. The molecule has 0 aliphatic carbocycles. The molecule has 1 heterocycles. The van der Waals surface area contributed by atoms with Gasteiger partial charge in [0.2, 0.25) is 5.88 Å². The lowest BCUT2D eigenvalue weighted by atomic mass is 10.1. The van der Waals surface area contributed by atoms with Gasteiger partial charge in [-0.2, -0.15) is 0 Å². The van der Waals surface area contributed by atoms with Gasteiger partial charge in [-0.25, -0.2) is 0 Å². The topological polar surface area (TPSA) is 96.1 Å². The monoisotopic (exact) mass is 504 g/mol. The van der Waals surface area contributed by atoms with E-state index >= 15 is 0 Å². The summed E-state index contributed by atoms with van der Waals surface area (Å²) in [6, 6.07) is 24.2. The number of hydrogen-bond donors (Lipinski definition) is 2. The number of azo groups is 1. The fourth-order valence-electron chi connectivity index (χ4n) is 3.51. The second-order valence-corrected chi connectivity index (χ2v) is 8.28. The van der Waals surface area contributed by atoms with Crippen LogP contribution in [0, 0.1) is 0 Å². The SMILES string of the molecule is O=C(CNC(=O)c1cccc(Br)c1)N=Nc1c(O)n(CCc2ccccc2)c2ccccc12. The van der Waals surface area contributed by atoms with Crippen LogP contribution in [0.25, 0.3) is 10.9 Å². The summed E-state index contributed by atoms with van der Waals surface area (Å²) in [7, 11) is 0. The lowest BCUT2D eigenvalue weighted by molar-refractivity contribution is -0.117. The summed E-state index contributed by atoms with van der Waals surface area (Å²) < 4.78 is 2.52. The van der Waals surface area contributed by atoms with E-state index in [0.717, 1.165) is 22.0 Å². The fraction of sp³-hybridized carbons (Fsp3) is 0.120. The van der Waals surface area contributed by atoms with E-state index in [-0.39, 0.29) is 24.0 Å². The van der Waals surface area contributed by atoms with Crippen molar-refractivity contribution in [2.24, 2.45) is 10.2 Å². The van der Waals surface area contributed by atoms with Crippen molar-refractivity contribution in [3.05, 3.63) is 94.5 Å². The third kappa shape index (κ3) is 5.35. The summed E-state index contributed by atoms with van der Waals surface area (Å²) in [6.45, 7) is 0.241. The van der Waals surface area contributed by atoms with Crippen LogP contribution in [0.15, 0.2) is 93.6 Å². The van der Waals surface area contributed by atoms with E-state index in [1.165, 1.54) is 0 Å². The molecule has 0 atom stereocenters. The zero-order valence-electron chi connectivity index (χ0n) is 17.6. The summed E-state index contributed by atoms with van der Waals surface area (Å²) >= 11 is 3.31. The largest absolute Gasteiger partial charge is 0.493 e. The van der Waals surface area contributed by atoms with E-state index in [1.54, 1.807) is 28.8 Å². The van der Waals surface area contributed by atoms with Crippen molar-refractivity contribution in [1.82, 2.24) is 9.88 Å². The average molecular weight is 505 g/mol. The predicted molar refractivity (Wildman–Crippen MR) is 130 cm³/mol. The Morgan fingerprint density at radius 1 is 0.970 bits per heavy atom. The molecule has 166 valence electrons. The second kappa shape index (κ2) is 10.2. The number of carbonyl (C=O) groups excluding carboxylic acids is 2. The number of rotatable bonds is 7. The molecule has 1 aromatic heterocycles. The van der Waals surface area contributed by atoms with Gasteiger partial charge in [-0.05, 0) is 36.2 Å². The fourth-order valence-corrected chi connectivity index (χ4v) is 3.91. The van der Waals surface area contributed by atoms with Gasteiger partial charge in [-0.15, -0.1) is 10.2 Å². The molecule has 0 spiro atoms. The van der Waals surface area contributed by atoms with Crippen molar-refractivity contribution in [2.45, 2.75) is 13.0 Å². The Morgan fingerprint density at radius 3 is 2.52 bits per heavy atom. The molecular weight excluding hydrogens is 484 g/mol. The van der Waals surface area contributed by atoms with Gasteiger partial charge in [0.05, 0.1) is 5.52 Å². The van der Waals surface area contributed by atoms with Crippen LogP contribution >= 0.6 is 15.9 Å². The number of nitrogens with one attached hydrogen (secondary N) is 1. The smallest absolute Gasteiger partial charge is 0.283 e. The molecule has 0 aliphatic rings. The van der Waals surface area contributed by atoms with Gasteiger partial charge in [0.25, 0.3) is 11.8 Å². The number of aromatic hydroxyl groups is 1. The van der Waals surface area contributed by atoms with Crippen LogP contribution in [0.5, 0.6) is 5.88 Å². The third-order valence-corrected chi connectivity index (χ3v) is 5.63. The number of aromatic nitrogens is 1. The number of para-hydroxylation sites is 1. The molecule has 0 radical (unpaired) electrons. The molecule has 0 saturated heterocycles. The standard InChI is InChI=1S/C25H21BrN4O3/c26-19-10-6-9-18(15-19)24(32)27-16-22(31)28-29-23-20-11-4-5-12-21(20)30(25(23)33)14-13-17-7-2-1-3-8-17/h1-12,15,33H,13-14,16H2,(H,27,32). The van der Waals surface area contributed by atoms with Crippen LogP contribution in [0.3, 0.4) is 0 Å². The lowest BCUT2D eigenvalue weighted by Crippen LogP contribution is -2.28. The van der Waals surface area contributed by atoms with Crippen LogP contribution in [0.4, 0.5) is 5.69 Å². The van der Waals surface area contributed by atoms with E-state index in [9.17, 15) is 14.7 Å². The molecule has 7 nitrogen and oxygen atoms in total. The van der Waals surface area contributed by atoms with Crippen LogP contribution in [-0.2, 0) is 17.8 Å². The van der Waals surface area contributed by atoms with E-state index in [2.05, 4.69) is 31.5 Å². The molecule has 2 N–H and O–H groups in total. The minimum absolute atomic E-state index is 0.0538. The van der Waals surface area contributed by atoms with E-state index in [1.807, 2.05) is 54.6 Å². The first kappa shape index (κ1) is 22.4. The Hall–Kier alpha value is -3.78. The molecule has 33 heavy (non-hydrogen) atoms. The summed E-state index contributed by atoms with van der Waals surface area (Å²) in [6.07, 6.45) is 0.726. The maximum absolute atomic E-state index is 12.2. The molecule has 4 rings (SSSR count). The van der Waals surface area contributed by atoms with Crippen molar-refractivity contribution in [3.8, 4) is 5.88 Å². The summed E-state index contributed by atoms with van der Waals surface area (Å²) in [4.78, 5) is 24.4. The zero-order chi connectivity index (χ0) is 23.2. The first-order chi connectivity index (χ1) is 16.0. The Morgan fingerprint density at radius 2 is 1.73 bits per heavy atom. The number of hydrogen-bond acceptors (Lipinski definition) is 4. The highest BCUT2D eigenvalue weighted by Gasteiger charge is 2.17. The Kier molecular flexibility index (Phi) is 6.95. The number of carbonyl (C=O) groups is 2. The van der Waals surface area contributed by atoms with Gasteiger partial charge in [-0.1, -0.05) is 70.5 Å². The van der Waals surface area contributed by atoms with Crippen molar-refractivity contribution < 1.29 is 14.7 Å². The van der Waals surface area contributed by atoms with E-state index in [4.69, 9.17) is 0 Å². The maximum Gasteiger partial charge on any atom is 0.283 e. The van der Waals surface area contributed by atoms with Crippen LogP contribution < -0.4 is 5.32 Å². The molecule has 8 heteroatoms. The summed E-state index contributed by atoms with van der Waals surface area (Å²) in [5.74, 6) is -1.07. The van der Waals surface area contributed by atoms with Gasteiger partial charge < -0.3 is 15.0 Å². The van der Waals surface area contributed by atoms with E-state index in [0.29, 0.717) is 17.5 Å². The number of fused-ring (bicyclic) bond motifs is 1. The Labute approximate surface area is 198 Å². The third-order valence-electron chi connectivity index (χ3n) is 5.13. The highest BCUT2D eigenvalue weighted by atomic mass is 79.9. The zero-order valence-corrected chi connectivity index (χ0v) is 19.2. The van der Waals surface area contributed by atoms with Gasteiger partial charge >= 0.3 is 0 Å². The van der Waals surface area contributed by atoms with Gasteiger partial charge in [0.15, 0.2) is 5.69 Å². The molecule has 0 aliphatic heterocycles. The normalized spacial score (nSPS) is 11.2. The molecule has 2 amide bonds. The minimum Gasteiger partial charge on any atom is -0.493 e. The van der Waals surface area contributed by atoms with Gasteiger partial charge in [0, 0.05) is 22.0 Å². The van der Waals surface area contributed by atoms with Crippen LogP contribution in [0.1, 0.15) is 15.9 Å². The first-order valence-corrected chi connectivity index (χ1v) is 11.1. The molecule has 0 fully saturated rings. The molecular formula is C25H21BrN4O3. The summed E-state index contributed by atoms with van der Waals surface area (Å²) in [5, 5.41) is 21.8. The number of nitrogens with zero attached hydrogens (tertiary/aromatic N) is 3. The van der Waals surface area contributed by atoms with Crippen molar-refractivity contribution >= 4 is 44.3 Å². The second-order valence-electron chi connectivity index (χ2n) is 7.36. The highest BCUT2D eigenvalue weighted by Crippen LogP contribution is 2.38. The van der Waals surface area contributed by atoms with Crippen molar-refractivity contribution in [1.29, 1.82) is 0 Å². The molecule has 0 unspecified atom stereocenters. The van der Waals surface area contributed by atoms with Crippen LogP contribution in [0.2, 0.25) is 0 Å². The van der Waals surface area contributed by atoms with Crippen molar-refractivity contribution in [3.63, 3.8) is 0 Å². The molecule has 0 bridgehead atoms. The number of halogens is 1. The Bertz CT molecular complexity index is 1330. The predicted octanol–water partition coefficient (Wildman–Crippen LogP) is 5.39. The Balaban J connectivity index is 1.48. The average Bonchev–Trinajstić information content (AvgIpc) is 3.11. The number of benzene rings is 3. The minimum atomic E-state index is -0.626. The number of amides is 2. The van der Waals surface area contributed by atoms with Crippen molar-refractivity contribution in [2.75, 3.05) is 6.54 Å². The van der Waals surface area contributed by atoms with Gasteiger partial charge in [-0.3, -0.25) is 9.59 Å². The maximum atomic E-state index is 12.2. The summed E-state index contributed by atoms with van der Waals surface area (Å²) in [5.41, 5.74) is 2.60. The molecule has 0 saturated carbocycles. The van der Waals surface area contributed by atoms with Gasteiger partial charge in [0.1, 0.15) is 6.54 Å².